The third kappa shape index (κ3) is 7.66. The van der Waals surface area contributed by atoms with Crippen LogP contribution in [0.2, 0.25) is 0 Å². The summed E-state index contributed by atoms with van der Waals surface area (Å²) in [6, 6.07) is 18.1. The van der Waals surface area contributed by atoms with Gasteiger partial charge in [0.15, 0.2) is 0 Å². The standard InChI is InChI=1S/C34H21F12N/c35-31(36,37)23-11-19(12-24(16-23)32(38,39)40)13-26-18-27(20-7-3-1-4-8-20)29(47-26)15-22-14-25(33(41,42)43)17-28(34(44,45)46)30(22)21-9-5-2-6-10-21/h1-12,14,16-18,47H,13,15H2. The largest absolute Gasteiger partial charge is 0.417 e. The predicted octanol–water partition coefficient (Wildman–Crippen LogP) is 11.6. The maximum Gasteiger partial charge on any atom is 0.417 e. The molecule has 1 aromatic heterocycles. The van der Waals surface area contributed by atoms with E-state index in [0.29, 0.717) is 23.8 Å². The minimum absolute atomic E-state index is 0.0137. The van der Waals surface area contributed by atoms with E-state index in [4.69, 9.17) is 0 Å². The van der Waals surface area contributed by atoms with Crippen molar-refractivity contribution < 1.29 is 52.7 Å². The SMILES string of the molecule is FC(F)(F)c1cc(Cc2cc(-c3ccccc3)c(Cc3cc(C(F)(F)F)cc(C(F)(F)F)c3-c3ccccc3)[nH]2)cc(C(F)(F)F)c1. The first-order valence-electron chi connectivity index (χ1n) is 13.7. The molecule has 13 heteroatoms. The Labute approximate surface area is 259 Å². The molecule has 0 unspecified atom stereocenters. The molecule has 5 rings (SSSR count). The second kappa shape index (κ2) is 12.2. The fourth-order valence-electron chi connectivity index (χ4n) is 5.37. The summed E-state index contributed by atoms with van der Waals surface area (Å²) >= 11 is 0. The van der Waals surface area contributed by atoms with Gasteiger partial charge in [-0.05, 0) is 64.2 Å². The summed E-state index contributed by atoms with van der Waals surface area (Å²) in [5, 5.41) is 0. The van der Waals surface area contributed by atoms with Crippen LogP contribution < -0.4 is 0 Å². The lowest BCUT2D eigenvalue weighted by Crippen LogP contribution is -2.14. The van der Waals surface area contributed by atoms with E-state index in [1.165, 1.54) is 36.4 Å². The van der Waals surface area contributed by atoms with Crippen LogP contribution in [0.1, 0.15) is 44.8 Å². The molecule has 0 atom stereocenters. The van der Waals surface area contributed by atoms with E-state index < -0.39 is 65.4 Å². The number of aromatic nitrogens is 1. The Kier molecular flexibility index (Phi) is 8.71. The highest BCUT2D eigenvalue weighted by molar-refractivity contribution is 5.75. The van der Waals surface area contributed by atoms with Crippen LogP contribution in [0.4, 0.5) is 52.7 Å². The van der Waals surface area contributed by atoms with Crippen LogP contribution in [0.3, 0.4) is 0 Å². The number of hydrogen-bond donors (Lipinski definition) is 1. The number of halogens is 12. The normalized spacial score (nSPS) is 12.9. The van der Waals surface area contributed by atoms with E-state index in [1.54, 1.807) is 30.3 Å². The summed E-state index contributed by atoms with van der Waals surface area (Å²) in [4.78, 5) is 2.86. The molecule has 0 fully saturated rings. The maximum absolute atomic E-state index is 14.3. The van der Waals surface area contributed by atoms with Crippen molar-refractivity contribution in [2.45, 2.75) is 37.5 Å². The number of hydrogen-bond acceptors (Lipinski definition) is 0. The van der Waals surface area contributed by atoms with Gasteiger partial charge in [-0.25, -0.2) is 0 Å². The molecule has 0 saturated carbocycles. The zero-order valence-electron chi connectivity index (χ0n) is 23.7. The van der Waals surface area contributed by atoms with E-state index >= 15 is 0 Å². The first-order valence-corrected chi connectivity index (χ1v) is 13.7. The van der Waals surface area contributed by atoms with E-state index in [9.17, 15) is 52.7 Å². The van der Waals surface area contributed by atoms with Crippen LogP contribution in [0.5, 0.6) is 0 Å². The van der Waals surface area contributed by atoms with Gasteiger partial charge in [0.1, 0.15) is 0 Å². The fraction of sp³-hybridized carbons (Fsp3) is 0.176. The quantitative estimate of drug-likeness (QED) is 0.173. The Morgan fingerprint density at radius 2 is 0.957 bits per heavy atom. The Morgan fingerprint density at radius 3 is 1.45 bits per heavy atom. The average Bonchev–Trinajstić information content (AvgIpc) is 3.37. The molecule has 0 aliphatic carbocycles. The van der Waals surface area contributed by atoms with Gasteiger partial charge < -0.3 is 4.98 Å². The maximum atomic E-state index is 14.3. The average molecular weight is 672 g/mol. The van der Waals surface area contributed by atoms with Gasteiger partial charge in [-0.2, -0.15) is 52.7 Å². The molecule has 1 nitrogen and oxygen atoms in total. The summed E-state index contributed by atoms with van der Waals surface area (Å²) in [5.74, 6) is 0. The molecule has 1 N–H and O–H groups in total. The molecule has 47 heavy (non-hydrogen) atoms. The summed E-state index contributed by atoms with van der Waals surface area (Å²) in [6.45, 7) is 0. The molecule has 0 bridgehead atoms. The van der Waals surface area contributed by atoms with Gasteiger partial charge in [0.05, 0.1) is 22.3 Å². The van der Waals surface area contributed by atoms with Crippen LogP contribution in [-0.2, 0) is 37.5 Å². The first kappa shape index (κ1) is 33.7. The lowest BCUT2D eigenvalue weighted by Gasteiger charge is -2.21. The molecule has 5 aromatic rings. The number of H-pyrrole nitrogens is 1. The van der Waals surface area contributed by atoms with Gasteiger partial charge in [0, 0.05) is 29.8 Å². The van der Waals surface area contributed by atoms with Gasteiger partial charge in [0.2, 0.25) is 0 Å². The number of rotatable bonds is 6. The Hall–Kier alpha value is -4.68. The van der Waals surface area contributed by atoms with Crippen LogP contribution in [0.25, 0.3) is 22.3 Å². The van der Waals surface area contributed by atoms with Crippen LogP contribution in [0.15, 0.2) is 97.1 Å². The highest BCUT2D eigenvalue weighted by Crippen LogP contribution is 2.44. The summed E-state index contributed by atoms with van der Waals surface area (Å²) in [7, 11) is 0. The van der Waals surface area contributed by atoms with Crippen molar-refractivity contribution in [3.05, 3.63) is 142 Å². The van der Waals surface area contributed by atoms with E-state index in [1.807, 2.05) is 0 Å². The van der Waals surface area contributed by atoms with E-state index in [2.05, 4.69) is 4.98 Å². The molecule has 0 aliphatic rings. The Balaban J connectivity index is 1.70. The zero-order chi connectivity index (χ0) is 34.4. The van der Waals surface area contributed by atoms with Gasteiger partial charge in [0.25, 0.3) is 0 Å². The number of alkyl halides is 12. The third-order valence-electron chi connectivity index (χ3n) is 7.36. The van der Waals surface area contributed by atoms with Gasteiger partial charge in [-0.1, -0.05) is 60.7 Å². The monoisotopic (exact) mass is 671 g/mol. The van der Waals surface area contributed by atoms with E-state index in [0.717, 1.165) is 0 Å². The Bertz CT molecular complexity index is 1830. The van der Waals surface area contributed by atoms with Crippen molar-refractivity contribution in [3.63, 3.8) is 0 Å². The highest BCUT2D eigenvalue weighted by atomic mass is 19.4. The fourth-order valence-corrected chi connectivity index (χ4v) is 5.37. The van der Waals surface area contributed by atoms with Crippen LogP contribution >= 0.6 is 0 Å². The minimum Gasteiger partial charge on any atom is -0.361 e. The third-order valence-corrected chi connectivity index (χ3v) is 7.36. The van der Waals surface area contributed by atoms with Crippen molar-refractivity contribution in [3.8, 4) is 22.3 Å². The molecule has 4 aromatic carbocycles. The zero-order valence-corrected chi connectivity index (χ0v) is 23.7. The molecule has 0 radical (unpaired) electrons. The number of aromatic amines is 1. The van der Waals surface area contributed by atoms with Gasteiger partial charge in [-0.15, -0.1) is 0 Å². The molecule has 0 amide bonds. The minimum atomic E-state index is -5.19. The number of nitrogens with one attached hydrogen (secondary N) is 1. The van der Waals surface area contributed by atoms with Gasteiger partial charge in [-0.3, -0.25) is 0 Å². The molecular weight excluding hydrogens is 650 g/mol. The summed E-state index contributed by atoms with van der Waals surface area (Å²) in [6.07, 6.45) is -21.6. The molecule has 0 spiro atoms. The molecule has 0 saturated heterocycles. The van der Waals surface area contributed by atoms with Crippen molar-refractivity contribution >= 4 is 0 Å². The van der Waals surface area contributed by atoms with E-state index in [-0.39, 0.29) is 45.8 Å². The second-order valence-corrected chi connectivity index (χ2v) is 10.7. The molecule has 246 valence electrons. The van der Waals surface area contributed by atoms with Crippen molar-refractivity contribution in [2.75, 3.05) is 0 Å². The first-order chi connectivity index (χ1) is 21.8. The van der Waals surface area contributed by atoms with Crippen molar-refractivity contribution in [1.29, 1.82) is 0 Å². The lowest BCUT2D eigenvalue weighted by molar-refractivity contribution is -0.144. The summed E-state index contributed by atoms with van der Waals surface area (Å²) in [5.41, 5.74) is -6.47. The van der Waals surface area contributed by atoms with Crippen LogP contribution in [0, 0.1) is 0 Å². The molecular formula is C34H21F12N. The molecule has 1 heterocycles. The van der Waals surface area contributed by atoms with Crippen molar-refractivity contribution in [1.82, 2.24) is 4.98 Å². The van der Waals surface area contributed by atoms with Crippen LogP contribution in [-0.4, -0.2) is 4.98 Å². The van der Waals surface area contributed by atoms with Crippen molar-refractivity contribution in [2.24, 2.45) is 0 Å². The lowest BCUT2D eigenvalue weighted by atomic mass is 9.88. The predicted molar refractivity (Wildman–Crippen MR) is 150 cm³/mol. The smallest absolute Gasteiger partial charge is 0.361 e. The topological polar surface area (TPSA) is 15.8 Å². The highest BCUT2D eigenvalue weighted by Gasteiger charge is 2.40. The molecule has 0 aliphatic heterocycles. The summed E-state index contributed by atoms with van der Waals surface area (Å²) < 4.78 is 166. The van der Waals surface area contributed by atoms with Gasteiger partial charge >= 0.3 is 24.7 Å². The Morgan fingerprint density at radius 1 is 0.468 bits per heavy atom. The second-order valence-electron chi connectivity index (χ2n) is 10.7. The number of benzene rings is 4.